The summed E-state index contributed by atoms with van der Waals surface area (Å²) in [5.41, 5.74) is 5.86. The smallest absolute Gasteiger partial charge is 0.252 e. The van der Waals surface area contributed by atoms with E-state index in [1.165, 1.54) is 0 Å². The first kappa shape index (κ1) is 19.6. The summed E-state index contributed by atoms with van der Waals surface area (Å²) in [5, 5.41) is 8.46. The van der Waals surface area contributed by atoms with E-state index in [1.54, 1.807) is 12.4 Å². The summed E-state index contributed by atoms with van der Waals surface area (Å²) < 4.78 is 1.83. The number of fused-ring (bicyclic) bond motifs is 1. The number of nitrogens with one attached hydrogen (secondary N) is 1. The van der Waals surface area contributed by atoms with E-state index in [0.29, 0.717) is 12.1 Å². The van der Waals surface area contributed by atoms with Crippen molar-refractivity contribution in [3.8, 4) is 16.9 Å². The van der Waals surface area contributed by atoms with Crippen LogP contribution in [0.15, 0.2) is 91.4 Å². The first-order valence-electron chi connectivity index (χ1n) is 10.4. The average Bonchev–Trinajstić information content (AvgIpc) is 3.23. The van der Waals surface area contributed by atoms with Crippen molar-refractivity contribution in [1.82, 2.24) is 25.1 Å². The molecule has 0 atom stereocenters. The molecule has 1 N–H and O–H groups in total. The molecule has 0 radical (unpaired) electrons. The number of hydrogen-bond acceptors (Lipinski definition) is 4. The van der Waals surface area contributed by atoms with Crippen LogP contribution in [0.4, 0.5) is 0 Å². The number of para-hydroxylation sites is 2. The minimum atomic E-state index is -0.147. The summed E-state index contributed by atoms with van der Waals surface area (Å²) in [7, 11) is 0. The Kier molecular flexibility index (Phi) is 5.17. The number of carbonyl (C=O) groups is 1. The van der Waals surface area contributed by atoms with Crippen molar-refractivity contribution in [1.29, 1.82) is 0 Å². The number of hydrogen-bond donors (Lipinski definition) is 1. The molecule has 6 nitrogen and oxygen atoms in total. The van der Waals surface area contributed by atoms with Crippen LogP contribution in [0.5, 0.6) is 0 Å². The minimum Gasteiger partial charge on any atom is -0.348 e. The first-order chi connectivity index (χ1) is 15.7. The molecule has 0 fully saturated rings. The molecule has 0 unspecified atom stereocenters. The fraction of sp³-hybridized carbons (Fsp3) is 0.0769. The van der Waals surface area contributed by atoms with E-state index >= 15 is 0 Å². The van der Waals surface area contributed by atoms with Gasteiger partial charge in [-0.3, -0.25) is 9.78 Å². The molecule has 5 rings (SSSR count). The fourth-order valence-electron chi connectivity index (χ4n) is 3.69. The van der Waals surface area contributed by atoms with Gasteiger partial charge in [0.25, 0.3) is 5.91 Å². The summed E-state index contributed by atoms with van der Waals surface area (Å²) in [4.78, 5) is 22.0. The molecule has 0 bridgehead atoms. The molecule has 6 heteroatoms. The molecule has 0 aliphatic rings. The van der Waals surface area contributed by atoms with Crippen molar-refractivity contribution in [2.24, 2.45) is 0 Å². The van der Waals surface area contributed by atoms with Crippen LogP contribution < -0.4 is 5.32 Å². The third-order valence-corrected chi connectivity index (χ3v) is 5.40. The zero-order chi connectivity index (χ0) is 21.9. The van der Waals surface area contributed by atoms with Crippen molar-refractivity contribution in [2.75, 3.05) is 0 Å². The van der Waals surface area contributed by atoms with Crippen LogP contribution in [0.25, 0.3) is 27.8 Å². The fourth-order valence-corrected chi connectivity index (χ4v) is 3.69. The molecule has 32 heavy (non-hydrogen) atoms. The number of pyridine rings is 2. The summed E-state index contributed by atoms with van der Waals surface area (Å²) in [5.74, 6) is -0.147. The highest BCUT2D eigenvalue weighted by atomic mass is 16.1. The van der Waals surface area contributed by atoms with Gasteiger partial charge in [-0.15, -0.1) is 0 Å². The maximum absolute atomic E-state index is 13.2. The average molecular weight is 419 g/mol. The van der Waals surface area contributed by atoms with E-state index in [2.05, 4.69) is 15.4 Å². The number of aromatic nitrogens is 4. The lowest BCUT2D eigenvalue weighted by atomic mass is 10.0. The van der Waals surface area contributed by atoms with Crippen LogP contribution in [-0.4, -0.2) is 25.7 Å². The summed E-state index contributed by atoms with van der Waals surface area (Å²) in [6, 6.07) is 23.2. The third-order valence-electron chi connectivity index (χ3n) is 5.40. The van der Waals surface area contributed by atoms with Gasteiger partial charge < -0.3 is 5.32 Å². The molecule has 0 aliphatic carbocycles. The molecule has 5 aromatic rings. The predicted octanol–water partition coefficient (Wildman–Crippen LogP) is 4.72. The molecule has 0 saturated carbocycles. The zero-order valence-electron chi connectivity index (χ0n) is 17.6. The molecule has 3 heterocycles. The van der Waals surface area contributed by atoms with Crippen LogP contribution in [-0.2, 0) is 6.54 Å². The molecule has 0 aliphatic heterocycles. The van der Waals surface area contributed by atoms with Gasteiger partial charge in [0.15, 0.2) is 0 Å². The number of amides is 1. The second-order valence-electron chi connectivity index (χ2n) is 7.51. The van der Waals surface area contributed by atoms with Gasteiger partial charge in [-0.25, -0.2) is 9.67 Å². The van der Waals surface area contributed by atoms with Crippen molar-refractivity contribution in [3.05, 3.63) is 108 Å². The number of benzene rings is 2. The highest BCUT2D eigenvalue weighted by molar-refractivity contribution is 6.07. The van der Waals surface area contributed by atoms with Crippen molar-refractivity contribution >= 4 is 16.8 Å². The molecule has 0 saturated heterocycles. The van der Waals surface area contributed by atoms with Crippen LogP contribution in [0.3, 0.4) is 0 Å². The highest BCUT2D eigenvalue weighted by Crippen LogP contribution is 2.24. The molecular formula is C26H21N5O. The van der Waals surface area contributed by atoms with Gasteiger partial charge >= 0.3 is 0 Å². The largest absolute Gasteiger partial charge is 0.348 e. The summed E-state index contributed by atoms with van der Waals surface area (Å²) >= 11 is 0. The monoisotopic (exact) mass is 419 g/mol. The maximum atomic E-state index is 13.2. The third kappa shape index (κ3) is 3.86. The quantitative estimate of drug-likeness (QED) is 0.447. The lowest BCUT2D eigenvalue weighted by Gasteiger charge is -2.10. The van der Waals surface area contributed by atoms with Crippen LogP contribution >= 0.6 is 0 Å². The Balaban J connectivity index is 1.44. The van der Waals surface area contributed by atoms with Gasteiger partial charge in [0, 0.05) is 41.6 Å². The summed E-state index contributed by atoms with van der Waals surface area (Å²) in [6.45, 7) is 2.34. The normalized spacial score (nSPS) is 10.9. The van der Waals surface area contributed by atoms with E-state index in [9.17, 15) is 4.79 Å². The predicted molar refractivity (Wildman–Crippen MR) is 124 cm³/mol. The van der Waals surface area contributed by atoms with E-state index in [4.69, 9.17) is 4.98 Å². The molecule has 3 aromatic heterocycles. The van der Waals surface area contributed by atoms with E-state index in [0.717, 1.165) is 39.1 Å². The Labute approximate surface area is 185 Å². The van der Waals surface area contributed by atoms with Gasteiger partial charge in [-0.1, -0.05) is 36.4 Å². The second-order valence-corrected chi connectivity index (χ2v) is 7.51. The van der Waals surface area contributed by atoms with E-state index in [1.807, 2.05) is 90.6 Å². The van der Waals surface area contributed by atoms with Gasteiger partial charge in [-0.2, -0.15) is 5.10 Å². The van der Waals surface area contributed by atoms with Crippen molar-refractivity contribution in [2.45, 2.75) is 13.5 Å². The maximum Gasteiger partial charge on any atom is 0.252 e. The standard InChI is InChI=1S/C26H21N5O/c1-18-20(17-31(30-18)21-7-3-2-4-8-21)16-28-26(32)23-15-25(19-11-13-27-14-12-19)29-24-10-6-5-9-22(23)24/h2-15,17H,16H2,1H3,(H,28,32). The lowest BCUT2D eigenvalue weighted by Crippen LogP contribution is -2.23. The van der Waals surface area contributed by atoms with Crippen molar-refractivity contribution < 1.29 is 4.79 Å². The molecular weight excluding hydrogens is 398 g/mol. The van der Waals surface area contributed by atoms with E-state index in [-0.39, 0.29) is 5.91 Å². The number of carbonyl (C=O) groups excluding carboxylic acids is 1. The Morgan fingerprint density at radius 1 is 0.969 bits per heavy atom. The van der Waals surface area contributed by atoms with Gasteiger partial charge in [-0.05, 0) is 43.3 Å². The van der Waals surface area contributed by atoms with Gasteiger partial charge in [0.1, 0.15) is 0 Å². The Morgan fingerprint density at radius 2 is 1.72 bits per heavy atom. The SMILES string of the molecule is Cc1nn(-c2ccccc2)cc1CNC(=O)c1cc(-c2ccncc2)nc2ccccc12. The zero-order valence-corrected chi connectivity index (χ0v) is 17.6. The van der Waals surface area contributed by atoms with E-state index < -0.39 is 0 Å². The van der Waals surface area contributed by atoms with Crippen LogP contribution in [0.2, 0.25) is 0 Å². The van der Waals surface area contributed by atoms with Crippen LogP contribution in [0.1, 0.15) is 21.6 Å². The Morgan fingerprint density at radius 3 is 2.53 bits per heavy atom. The lowest BCUT2D eigenvalue weighted by molar-refractivity contribution is 0.0952. The van der Waals surface area contributed by atoms with Crippen LogP contribution in [0, 0.1) is 6.92 Å². The van der Waals surface area contributed by atoms with Crippen molar-refractivity contribution in [3.63, 3.8) is 0 Å². The second kappa shape index (κ2) is 8.43. The summed E-state index contributed by atoms with van der Waals surface area (Å²) in [6.07, 6.45) is 5.40. The Bertz CT molecular complexity index is 1390. The number of aryl methyl sites for hydroxylation is 1. The first-order valence-corrected chi connectivity index (χ1v) is 10.4. The molecule has 2 aromatic carbocycles. The van der Waals surface area contributed by atoms with Gasteiger partial charge in [0.05, 0.1) is 28.2 Å². The molecule has 0 spiro atoms. The number of nitrogens with zero attached hydrogens (tertiary/aromatic N) is 4. The molecule has 156 valence electrons. The number of rotatable bonds is 5. The highest BCUT2D eigenvalue weighted by Gasteiger charge is 2.15. The Hall–Kier alpha value is -4.32. The minimum absolute atomic E-state index is 0.147. The van der Waals surface area contributed by atoms with Gasteiger partial charge in [0.2, 0.25) is 0 Å². The molecule has 1 amide bonds. The topological polar surface area (TPSA) is 72.7 Å².